The summed E-state index contributed by atoms with van der Waals surface area (Å²) in [4.78, 5) is 8.92. The standard InChI is InChI=1S/C8H10F7O4P/c1-4-5(2,19-20(16,17)18-4)3-6(9,10)7(11,12)8(13,14)15/h4H,3H2,1-2H3,(H,16,17). The van der Waals surface area contributed by atoms with Crippen LogP contribution in [0.1, 0.15) is 20.3 Å². The monoisotopic (exact) mass is 334 g/mol. The van der Waals surface area contributed by atoms with Gasteiger partial charge in [0.2, 0.25) is 0 Å². The predicted octanol–water partition coefficient (Wildman–Crippen LogP) is 3.50. The molecule has 120 valence electrons. The first-order chi connectivity index (χ1) is 8.54. The highest BCUT2D eigenvalue weighted by molar-refractivity contribution is 7.47. The number of halogens is 7. The van der Waals surface area contributed by atoms with Gasteiger partial charge in [-0.15, -0.1) is 0 Å². The third kappa shape index (κ3) is 2.95. The first-order valence-electron chi connectivity index (χ1n) is 5.08. The zero-order valence-corrected chi connectivity index (χ0v) is 10.9. The van der Waals surface area contributed by atoms with Crippen LogP contribution >= 0.6 is 7.82 Å². The van der Waals surface area contributed by atoms with Gasteiger partial charge in [-0.1, -0.05) is 0 Å². The number of hydrogen-bond acceptors (Lipinski definition) is 3. The van der Waals surface area contributed by atoms with Crippen LogP contribution in [0.15, 0.2) is 0 Å². The van der Waals surface area contributed by atoms with Crippen molar-refractivity contribution in [2.24, 2.45) is 0 Å². The summed E-state index contributed by atoms with van der Waals surface area (Å²) in [5, 5.41) is 0. The highest BCUT2D eigenvalue weighted by atomic mass is 31.2. The van der Waals surface area contributed by atoms with E-state index in [1.807, 2.05) is 0 Å². The van der Waals surface area contributed by atoms with E-state index in [2.05, 4.69) is 9.05 Å². The largest absolute Gasteiger partial charge is 0.473 e. The second kappa shape index (κ2) is 4.56. The van der Waals surface area contributed by atoms with Gasteiger partial charge in [-0.25, -0.2) is 4.57 Å². The van der Waals surface area contributed by atoms with E-state index in [0.29, 0.717) is 6.92 Å². The number of alkyl halides is 7. The van der Waals surface area contributed by atoms with Crippen molar-refractivity contribution in [1.29, 1.82) is 0 Å². The SMILES string of the molecule is CC1OP(=O)(O)OC1(C)CC(F)(F)C(F)(F)C(F)(F)F. The summed E-state index contributed by atoms with van der Waals surface area (Å²) in [6.45, 7) is 1.63. The topological polar surface area (TPSA) is 55.8 Å². The lowest BCUT2D eigenvalue weighted by Gasteiger charge is -2.34. The molecule has 0 saturated carbocycles. The molecule has 0 aromatic rings. The Morgan fingerprint density at radius 3 is 1.95 bits per heavy atom. The normalized spacial score (nSPS) is 36.4. The van der Waals surface area contributed by atoms with Crippen molar-refractivity contribution in [2.75, 3.05) is 0 Å². The van der Waals surface area contributed by atoms with E-state index in [1.54, 1.807) is 0 Å². The lowest BCUT2D eigenvalue weighted by molar-refractivity contribution is -0.360. The molecule has 4 nitrogen and oxygen atoms in total. The highest BCUT2D eigenvalue weighted by Crippen LogP contribution is 2.60. The van der Waals surface area contributed by atoms with Crippen molar-refractivity contribution >= 4 is 7.82 Å². The molecule has 20 heavy (non-hydrogen) atoms. The summed E-state index contributed by atoms with van der Waals surface area (Å²) in [5.74, 6) is -11.9. The molecule has 0 aliphatic carbocycles. The van der Waals surface area contributed by atoms with Crippen molar-refractivity contribution in [1.82, 2.24) is 0 Å². The molecule has 0 spiro atoms. The number of rotatable bonds is 3. The van der Waals surface area contributed by atoms with Crippen LogP contribution in [0, 0.1) is 0 Å². The van der Waals surface area contributed by atoms with Crippen molar-refractivity contribution in [3.05, 3.63) is 0 Å². The lowest BCUT2D eigenvalue weighted by atomic mass is 9.90. The van der Waals surface area contributed by atoms with Crippen LogP contribution in [-0.2, 0) is 13.6 Å². The van der Waals surface area contributed by atoms with Gasteiger partial charge in [0.1, 0.15) is 5.60 Å². The van der Waals surface area contributed by atoms with E-state index in [1.165, 1.54) is 0 Å². The van der Waals surface area contributed by atoms with Crippen LogP contribution in [0.25, 0.3) is 0 Å². The second-order valence-electron chi connectivity index (χ2n) is 4.57. The van der Waals surface area contributed by atoms with Crippen molar-refractivity contribution in [2.45, 2.75) is 50.0 Å². The first kappa shape index (κ1) is 17.7. The zero-order chi connectivity index (χ0) is 16.2. The summed E-state index contributed by atoms with van der Waals surface area (Å²) in [5.41, 5.74) is -2.47. The van der Waals surface area contributed by atoms with E-state index in [-0.39, 0.29) is 0 Å². The van der Waals surface area contributed by atoms with Gasteiger partial charge >= 0.3 is 25.8 Å². The Labute approximate surface area is 108 Å². The maximum atomic E-state index is 13.2. The molecule has 0 radical (unpaired) electrons. The van der Waals surface area contributed by atoms with Crippen LogP contribution < -0.4 is 0 Å². The molecule has 1 rings (SSSR count). The van der Waals surface area contributed by atoms with Crippen LogP contribution in [0.3, 0.4) is 0 Å². The smallest absolute Gasteiger partial charge is 0.302 e. The number of hydrogen-bond donors (Lipinski definition) is 1. The summed E-state index contributed by atoms with van der Waals surface area (Å²) in [6.07, 6.45) is -10.2. The molecule has 1 aliphatic heterocycles. The molecule has 0 aromatic carbocycles. The van der Waals surface area contributed by atoms with E-state index in [0.717, 1.165) is 6.92 Å². The van der Waals surface area contributed by atoms with Crippen LogP contribution in [0.5, 0.6) is 0 Å². The van der Waals surface area contributed by atoms with E-state index in [9.17, 15) is 35.3 Å². The van der Waals surface area contributed by atoms with Crippen LogP contribution in [-0.4, -0.2) is 34.6 Å². The lowest BCUT2D eigenvalue weighted by Crippen LogP contribution is -2.56. The van der Waals surface area contributed by atoms with Gasteiger partial charge in [-0.3, -0.25) is 9.05 Å². The fourth-order valence-corrected chi connectivity index (χ4v) is 3.01. The van der Waals surface area contributed by atoms with E-state index in [4.69, 9.17) is 4.89 Å². The molecular weight excluding hydrogens is 324 g/mol. The predicted molar refractivity (Wildman–Crippen MR) is 50.4 cm³/mol. The minimum Gasteiger partial charge on any atom is -0.302 e. The molecule has 1 fully saturated rings. The van der Waals surface area contributed by atoms with Crippen LogP contribution in [0.4, 0.5) is 30.7 Å². The second-order valence-corrected chi connectivity index (χ2v) is 5.90. The molecule has 0 amide bonds. The molecule has 12 heteroatoms. The molecule has 1 aliphatic rings. The van der Waals surface area contributed by atoms with Gasteiger partial charge in [-0.2, -0.15) is 30.7 Å². The number of phosphoric acid groups is 1. The summed E-state index contributed by atoms with van der Waals surface area (Å²) in [7, 11) is -4.76. The molecule has 0 aromatic heterocycles. The van der Waals surface area contributed by atoms with Gasteiger partial charge in [-0.05, 0) is 13.8 Å². The maximum Gasteiger partial charge on any atom is 0.473 e. The zero-order valence-electron chi connectivity index (χ0n) is 10.0. The average Bonchev–Trinajstić information content (AvgIpc) is 2.30. The average molecular weight is 334 g/mol. The molecule has 0 bridgehead atoms. The Kier molecular flexibility index (Phi) is 4.03. The van der Waals surface area contributed by atoms with Gasteiger partial charge < -0.3 is 4.89 Å². The minimum atomic E-state index is -6.47. The van der Waals surface area contributed by atoms with Gasteiger partial charge in [0.15, 0.2) is 0 Å². The fourth-order valence-electron chi connectivity index (χ4n) is 1.61. The maximum absolute atomic E-state index is 13.2. The van der Waals surface area contributed by atoms with E-state index < -0.39 is 44.0 Å². The third-order valence-corrected chi connectivity index (χ3v) is 4.09. The van der Waals surface area contributed by atoms with Crippen molar-refractivity contribution < 1.29 is 49.2 Å². The van der Waals surface area contributed by atoms with Gasteiger partial charge in [0.05, 0.1) is 6.10 Å². The minimum absolute atomic E-state index is 0.688. The molecular formula is C8H10F7O4P. The molecule has 3 unspecified atom stereocenters. The number of phosphoric ester groups is 1. The van der Waals surface area contributed by atoms with Gasteiger partial charge in [0, 0.05) is 6.42 Å². The van der Waals surface area contributed by atoms with E-state index >= 15 is 0 Å². The van der Waals surface area contributed by atoms with Crippen molar-refractivity contribution in [3.8, 4) is 0 Å². The highest BCUT2D eigenvalue weighted by Gasteiger charge is 2.74. The fraction of sp³-hybridized carbons (Fsp3) is 1.00. The molecule has 1 saturated heterocycles. The Morgan fingerprint density at radius 1 is 1.20 bits per heavy atom. The Bertz CT molecular complexity index is 437. The Balaban J connectivity index is 3.06. The summed E-state index contributed by atoms with van der Waals surface area (Å²) < 4.78 is 107. The van der Waals surface area contributed by atoms with Crippen molar-refractivity contribution in [3.63, 3.8) is 0 Å². The van der Waals surface area contributed by atoms with Crippen LogP contribution in [0.2, 0.25) is 0 Å². The summed E-state index contributed by atoms with van der Waals surface area (Å²) in [6, 6.07) is 0. The quantitative estimate of drug-likeness (QED) is 0.634. The Morgan fingerprint density at radius 2 is 1.65 bits per heavy atom. The molecule has 3 atom stereocenters. The Hall–Kier alpha value is -0.380. The molecule has 1 N–H and O–H groups in total. The van der Waals surface area contributed by atoms with Gasteiger partial charge in [0.25, 0.3) is 0 Å². The summed E-state index contributed by atoms with van der Waals surface area (Å²) >= 11 is 0. The third-order valence-electron chi connectivity index (χ3n) is 2.86. The molecule has 1 heterocycles. The first-order valence-corrected chi connectivity index (χ1v) is 6.58.